The topological polar surface area (TPSA) is 120 Å². The van der Waals surface area contributed by atoms with Gasteiger partial charge in [-0.15, -0.1) is 0 Å². The van der Waals surface area contributed by atoms with E-state index in [1.165, 1.54) is 4.90 Å². The molecule has 1 atom stereocenters. The van der Waals surface area contributed by atoms with Crippen molar-refractivity contribution in [1.29, 1.82) is 0 Å². The van der Waals surface area contributed by atoms with Gasteiger partial charge in [0.05, 0.1) is 31.5 Å². The molecule has 1 aromatic heterocycles. The van der Waals surface area contributed by atoms with Gasteiger partial charge >= 0.3 is 6.09 Å². The lowest BCUT2D eigenvalue weighted by atomic mass is 10.3. The van der Waals surface area contributed by atoms with Crippen LogP contribution in [0.5, 0.6) is 5.88 Å². The van der Waals surface area contributed by atoms with Crippen LogP contribution in [0.25, 0.3) is 0 Å². The van der Waals surface area contributed by atoms with Gasteiger partial charge in [-0.2, -0.15) is 4.98 Å². The molecule has 2 amide bonds. The Morgan fingerprint density at radius 3 is 3.07 bits per heavy atom. The molecule has 29 heavy (non-hydrogen) atoms. The molecule has 0 aliphatic carbocycles. The van der Waals surface area contributed by atoms with E-state index in [1.54, 1.807) is 30.4 Å². The molecule has 0 aromatic carbocycles. The number of hydrogen-bond donors (Lipinski definition) is 3. The molecule has 0 bridgehead atoms. The van der Waals surface area contributed by atoms with E-state index in [0.717, 1.165) is 5.69 Å². The molecule has 0 saturated carbocycles. The average Bonchev–Trinajstić information content (AvgIpc) is 3.12. The van der Waals surface area contributed by atoms with Crippen LogP contribution >= 0.6 is 0 Å². The number of carbonyl (C=O) groups excluding carboxylic acids is 2. The second kappa shape index (κ2) is 8.35. The number of rotatable bonds is 7. The highest BCUT2D eigenvalue weighted by Crippen LogP contribution is 2.28. The Balaban J connectivity index is 1.20. The average molecular weight is 401 g/mol. The van der Waals surface area contributed by atoms with Crippen molar-refractivity contribution < 1.29 is 19.1 Å². The van der Waals surface area contributed by atoms with Gasteiger partial charge < -0.3 is 25.4 Å². The van der Waals surface area contributed by atoms with Gasteiger partial charge in [0, 0.05) is 32.4 Å². The molecule has 1 aromatic rings. The Hall–Kier alpha value is -3.34. The molecule has 0 radical (unpaired) electrons. The molecule has 154 valence electrons. The molecule has 1 saturated heterocycles. The number of likely N-dealkylation sites (N-methyl/N-ethyl adjacent to an activating group) is 1. The zero-order valence-electron chi connectivity index (χ0n) is 16.1. The number of amides is 2. The number of cyclic esters (lactones) is 1. The Bertz CT molecular complexity index is 857. The largest absolute Gasteiger partial charge is 0.476 e. The highest BCUT2D eigenvalue weighted by Gasteiger charge is 2.33. The summed E-state index contributed by atoms with van der Waals surface area (Å²) in [4.78, 5) is 35.3. The molecule has 1 fully saturated rings. The highest BCUT2D eigenvalue weighted by atomic mass is 16.6. The number of nitrogens with zero attached hydrogens (tertiary/aromatic N) is 4. The summed E-state index contributed by atoms with van der Waals surface area (Å²) in [7, 11) is 1.69. The number of pyridine rings is 1. The number of anilines is 2. The summed E-state index contributed by atoms with van der Waals surface area (Å²) in [6, 6.07) is 3.61. The highest BCUT2D eigenvalue weighted by molar-refractivity contribution is 6.00. The second-order valence-electron chi connectivity index (χ2n) is 6.72. The normalized spacial score (nSPS) is 20.6. The van der Waals surface area contributed by atoms with Gasteiger partial charge in [0.25, 0.3) is 0 Å². The third-order valence-corrected chi connectivity index (χ3v) is 4.71. The number of ether oxygens (including phenoxy) is 2. The van der Waals surface area contributed by atoms with Crippen LogP contribution in [0.1, 0.15) is 0 Å². The summed E-state index contributed by atoms with van der Waals surface area (Å²) < 4.78 is 11.0. The quantitative estimate of drug-likeness (QED) is 0.534. The van der Waals surface area contributed by atoms with E-state index >= 15 is 0 Å². The maximum absolute atomic E-state index is 12.0. The van der Waals surface area contributed by atoms with Crippen LogP contribution in [-0.2, 0) is 9.53 Å². The molecule has 3 N–H and O–H groups in total. The summed E-state index contributed by atoms with van der Waals surface area (Å²) in [5.74, 6) is 1.61. The minimum Gasteiger partial charge on any atom is -0.476 e. The van der Waals surface area contributed by atoms with Gasteiger partial charge in [-0.3, -0.25) is 19.6 Å². The van der Waals surface area contributed by atoms with E-state index in [4.69, 9.17) is 9.47 Å². The van der Waals surface area contributed by atoms with Crippen LogP contribution in [0.3, 0.4) is 0 Å². The van der Waals surface area contributed by atoms with Crippen molar-refractivity contribution in [3.8, 4) is 5.88 Å². The van der Waals surface area contributed by atoms with Crippen LogP contribution in [0.4, 0.5) is 16.3 Å². The number of nitrogens with one attached hydrogen (secondary N) is 3. The number of aromatic nitrogens is 1. The fourth-order valence-electron chi connectivity index (χ4n) is 3.16. The molecule has 0 unspecified atom stereocenters. The van der Waals surface area contributed by atoms with Crippen molar-refractivity contribution in [2.24, 2.45) is 4.99 Å². The Morgan fingerprint density at radius 1 is 1.34 bits per heavy atom. The summed E-state index contributed by atoms with van der Waals surface area (Å²) in [6.07, 6.45) is 2.71. The number of carbonyl (C=O) groups is 2. The summed E-state index contributed by atoms with van der Waals surface area (Å²) in [6.45, 7) is 2.78. The van der Waals surface area contributed by atoms with Gasteiger partial charge in [-0.1, -0.05) is 0 Å². The molecule has 0 spiro atoms. The van der Waals surface area contributed by atoms with Crippen LogP contribution in [-0.4, -0.2) is 80.6 Å². The van der Waals surface area contributed by atoms with Crippen LogP contribution in [0.15, 0.2) is 29.1 Å². The van der Waals surface area contributed by atoms with Crippen molar-refractivity contribution in [3.05, 3.63) is 24.2 Å². The third-order valence-electron chi connectivity index (χ3n) is 4.71. The van der Waals surface area contributed by atoms with Crippen molar-refractivity contribution in [2.45, 2.75) is 6.10 Å². The fraction of sp³-hybridized carbons (Fsp3) is 0.444. The lowest BCUT2D eigenvalue weighted by molar-refractivity contribution is -0.116. The first-order valence-electron chi connectivity index (χ1n) is 9.40. The first kappa shape index (κ1) is 19.0. The lowest BCUT2D eigenvalue weighted by Crippen LogP contribution is -2.37. The molecule has 3 aliphatic rings. The minimum atomic E-state index is -0.380. The second-order valence-corrected chi connectivity index (χ2v) is 6.72. The monoisotopic (exact) mass is 401 g/mol. The third kappa shape index (κ3) is 4.24. The molecule has 4 heterocycles. The van der Waals surface area contributed by atoms with E-state index in [-0.39, 0.29) is 24.6 Å². The first-order valence-corrected chi connectivity index (χ1v) is 9.40. The molecular weight excluding hydrogens is 378 g/mol. The first-order chi connectivity index (χ1) is 14.1. The van der Waals surface area contributed by atoms with Crippen molar-refractivity contribution in [1.82, 2.24) is 20.5 Å². The lowest BCUT2D eigenvalue weighted by Gasteiger charge is -2.25. The SMILES string of the molecule is CN1C(=O)CNc2ccc(OCCNC[C@@H]3CN(C4=CN=CCN4)C(=O)O3)nc21. The van der Waals surface area contributed by atoms with Gasteiger partial charge in [0.2, 0.25) is 11.8 Å². The summed E-state index contributed by atoms with van der Waals surface area (Å²) in [5, 5.41) is 9.34. The van der Waals surface area contributed by atoms with E-state index in [9.17, 15) is 9.59 Å². The van der Waals surface area contributed by atoms with Crippen LogP contribution < -0.4 is 25.6 Å². The molecular formula is C18H23N7O4. The summed E-state index contributed by atoms with van der Waals surface area (Å²) in [5.41, 5.74) is 0.804. The maximum Gasteiger partial charge on any atom is 0.415 e. The smallest absolute Gasteiger partial charge is 0.415 e. The predicted molar refractivity (Wildman–Crippen MR) is 106 cm³/mol. The maximum atomic E-state index is 12.0. The zero-order valence-corrected chi connectivity index (χ0v) is 16.1. The van der Waals surface area contributed by atoms with E-state index in [2.05, 4.69) is 25.9 Å². The number of hydrogen-bond acceptors (Lipinski definition) is 9. The van der Waals surface area contributed by atoms with Crippen LogP contribution in [0, 0.1) is 0 Å². The molecule has 3 aliphatic heterocycles. The van der Waals surface area contributed by atoms with Gasteiger partial charge in [-0.05, 0) is 6.07 Å². The van der Waals surface area contributed by atoms with Gasteiger partial charge in [0.15, 0.2) is 5.82 Å². The van der Waals surface area contributed by atoms with Gasteiger partial charge in [0.1, 0.15) is 18.5 Å². The minimum absolute atomic E-state index is 0.0463. The Kier molecular flexibility index (Phi) is 5.47. The summed E-state index contributed by atoms with van der Waals surface area (Å²) >= 11 is 0. The fourth-order valence-corrected chi connectivity index (χ4v) is 3.16. The Morgan fingerprint density at radius 2 is 2.24 bits per heavy atom. The van der Waals surface area contributed by atoms with E-state index in [0.29, 0.717) is 50.3 Å². The van der Waals surface area contributed by atoms with Crippen molar-refractivity contribution in [3.63, 3.8) is 0 Å². The standard InChI is InChI=1S/C18H23N7O4/c1-24-16(26)10-22-13-2-3-15(23-17(13)24)28-7-6-20-8-12-11-25(18(27)29-12)14-9-19-4-5-21-14/h2-4,9,12,20-22H,5-8,10-11H2,1H3/t12-/m1/s1. The van der Waals surface area contributed by atoms with Crippen molar-refractivity contribution in [2.75, 3.05) is 56.6 Å². The predicted octanol–water partition coefficient (Wildman–Crippen LogP) is -0.268. The Labute approximate surface area is 167 Å². The van der Waals surface area contributed by atoms with E-state index < -0.39 is 0 Å². The van der Waals surface area contributed by atoms with E-state index in [1.807, 2.05) is 6.07 Å². The zero-order chi connectivity index (χ0) is 20.2. The number of fused-ring (bicyclic) bond motifs is 1. The van der Waals surface area contributed by atoms with Crippen molar-refractivity contribution >= 4 is 29.7 Å². The van der Waals surface area contributed by atoms with Gasteiger partial charge in [-0.25, -0.2) is 4.79 Å². The number of aliphatic imine (C=N–C) groups is 1. The molecule has 11 heteroatoms. The molecule has 11 nitrogen and oxygen atoms in total. The van der Waals surface area contributed by atoms with Crippen LogP contribution in [0.2, 0.25) is 0 Å². The molecule has 4 rings (SSSR count).